The summed E-state index contributed by atoms with van der Waals surface area (Å²) in [4.78, 5) is 38.6. The minimum Gasteiger partial charge on any atom is -0.445 e. The molecule has 0 saturated carbocycles. The minimum atomic E-state index is -0.491. The van der Waals surface area contributed by atoms with E-state index >= 15 is 0 Å². The standard InChI is InChI=1S/C15H14N4O5/c20-9-12-7-17-5-6-18(8-14(17)16-12)15(21)24-10-11-1-3-13(4-2-11)19(22)23/h1-4,7,9H,5-6,8,10H2. The number of benzene rings is 1. The number of aldehydes is 1. The molecule has 0 saturated heterocycles. The molecular formula is C15H14N4O5. The minimum absolute atomic E-state index is 0.0149. The van der Waals surface area contributed by atoms with Crippen LogP contribution in [0.3, 0.4) is 0 Å². The van der Waals surface area contributed by atoms with Crippen LogP contribution in [0.15, 0.2) is 30.5 Å². The lowest BCUT2D eigenvalue weighted by molar-refractivity contribution is -0.384. The number of imidazole rings is 1. The number of hydrogen-bond acceptors (Lipinski definition) is 6. The number of carbonyl (C=O) groups excluding carboxylic acids is 2. The first-order chi connectivity index (χ1) is 11.6. The SMILES string of the molecule is O=Cc1cn2c(n1)CN(C(=O)OCc1ccc([N+](=O)[O-])cc1)CC2. The van der Waals surface area contributed by atoms with E-state index in [2.05, 4.69) is 4.98 Å². The number of aromatic nitrogens is 2. The summed E-state index contributed by atoms with van der Waals surface area (Å²) in [7, 11) is 0. The maximum Gasteiger partial charge on any atom is 0.410 e. The Morgan fingerprint density at radius 2 is 2.08 bits per heavy atom. The molecular weight excluding hydrogens is 316 g/mol. The van der Waals surface area contributed by atoms with Gasteiger partial charge < -0.3 is 9.30 Å². The maximum absolute atomic E-state index is 12.1. The van der Waals surface area contributed by atoms with Gasteiger partial charge in [0.25, 0.3) is 5.69 Å². The van der Waals surface area contributed by atoms with E-state index in [1.54, 1.807) is 18.3 Å². The van der Waals surface area contributed by atoms with Crippen molar-refractivity contribution in [1.82, 2.24) is 14.5 Å². The molecule has 2 heterocycles. The van der Waals surface area contributed by atoms with Gasteiger partial charge in [-0.2, -0.15) is 0 Å². The largest absolute Gasteiger partial charge is 0.445 e. The molecule has 2 aromatic rings. The molecule has 1 aliphatic rings. The summed E-state index contributed by atoms with van der Waals surface area (Å²) in [6, 6.07) is 5.82. The second kappa shape index (κ2) is 6.49. The number of nitro groups is 1. The zero-order chi connectivity index (χ0) is 17.1. The lowest BCUT2D eigenvalue weighted by Gasteiger charge is -2.26. The Kier molecular flexibility index (Phi) is 4.23. The van der Waals surface area contributed by atoms with Crippen LogP contribution in [0.25, 0.3) is 0 Å². The van der Waals surface area contributed by atoms with Crippen molar-refractivity contribution in [3.63, 3.8) is 0 Å². The summed E-state index contributed by atoms with van der Waals surface area (Å²) < 4.78 is 7.06. The number of nitrogens with zero attached hydrogens (tertiary/aromatic N) is 4. The van der Waals surface area contributed by atoms with Gasteiger partial charge in [-0.3, -0.25) is 19.8 Å². The fourth-order valence-corrected chi connectivity index (χ4v) is 2.44. The number of amides is 1. The summed E-state index contributed by atoms with van der Waals surface area (Å²) in [5.41, 5.74) is 0.987. The number of non-ortho nitro benzene ring substituents is 1. The molecule has 1 aromatic carbocycles. The third kappa shape index (κ3) is 3.24. The van der Waals surface area contributed by atoms with Gasteiger partial charge in [-0.25, -0.2) is 9.78 Å². The van der Waals surface area contributed by atoms with Crippen molar-refractivity contribution in [3.05, 3.63) is 57.7 Å². The fourth-order valence-electron chi connectivity index (χ4n) is 2.44. The van der Waals surface area contributed by atoms with Crippen molar-refractivity contribution in [3.8, 4) is 0 Å². The smallest absolute Gasteiger partial charge is 0.410 e. The number of rotatable bonds is 4. The second-order valence-corrected chi connectivity index (χ2v) is 5.29. The molecule has 9 heteroatoms. The van der Waals surface area contributed by atoms with Gasteiger partial charge in [-0.05, 0) is 17.7 Å². The van der Waals surface area contributed by atoms with Crippen LogP contribution in [-0.2, 0) is 24.4 Å². The van der Waals surface area contributed by atoms with E-state index < -0.39 is 11.0 Å². The molecule has 0 N–H and O–H groups in total. The Labute approximate surface area is 136 Å². The highest BCUT2D eigenvalue weighted by atomic mass is 16.6. The zero-order valence-electron chi connectivity index (χ0n) is 12.6. The van der Waals surface area contributed by atoms with Crippen LogP contribution < -0.4 is 0 Å². The Morgan fingerprint density at radius 3 is 2.75 bits per heavy atom. The highest BCUT2D eigenvalue weighted by molar-refractivity contribution is 5.71. The number of nitro benzene ring substituents is 1. The Morgan fingerprint density at radius 1 is 1.33 bits per heavy atom. The molecule has 9 nitrogen and oxygen atoms in total. The predicted molar refractivity (Wildman–Crippen MR) is 81.3 cm³/mol. The third-order valence-corrected chi connectivity index (χ3v) is 3.71. The molecule has 24 heavy (non-hydrogen) atoms. The van der Waals surface area contributed by atoms with E-state index in [0.29, 0.717) is 36.5 Å². The summed E-state index contributed by atoms with van der Waals surface area (Å²) in [5, 5.41) is 10.6. The molecule has 0 fully saturated rings. The third-order valence-electron chi connectivity index (χ3n) is 3.71. The van der Waals surface area contributed by atoms with Gasteiger partial charge in [0.1, 0.15) is 18.1 Å². The van der Waals surface area contributed by atoms with Crippen molar-refractivity contribution in [1.29, 1.82) is 0 Å². The predicted octanol–water partition coefficient (Wildman–Crippen LogP) is 1.76. The lowest BCUT2D eigenvalue weighted by atomic mass is 10.2. The molecule has 3 rings (SSSR count). The Bertz CT molecular complexity index is 784. The van der Waals surface area contributed by atoms with Crippen LogP contribution in [0.5, 0.6) is 0 Å². The van der Waals surface area contributed by atoms with E-state index in [1.807, 2.05) is 4.57 Å². The summed E-state index contributed by atoms with van der Waals surface area (Å²) >= 11 is 0. The van der Waals surface area contributed by atoms with Gasteiger partial charge in [0.05, 0.1) is 11.5 Å². The molecule has 0 radical (unpaired) electrons. The van der Waals surface area contributed by atoms with Crippen molar-refractivity contribution in [2.45, 2.75) is 19.7 Å². The van der Waals surface area contributed by atoms with E-state index in [4.69, 9.17) is 4.74 Å². The van der Waals surface area contributed by atoms with E-state index in [9.17, 15) is 19.7 Å². The van der Waals surface area contributed by atoms with Crippen LogP contribution >= 0.6 is 0 Å². The van der Waals surface area contributed by atoms with E-state index in [0.717, 1.165) is 0 Å². The summed E-state index contributed by atoms with van der Waals surface area (Å²) in [5.74, 6) is 0.635. The Hall–Kier alpha value is -3.23. The molecule has 124 valence electrons. The van der Waals surface area contributed by atoms with Crippen molar-refractivity contribution >= 4 is 18.1 Å². The van der Waals surface area contributed by atoms with Crippen LogP contribution in [-0.4, -0.2) is 38.3 Å². The van der Waals surface area contributed by atoms with Crippen LogP contribution in [0, 0.1) is 10.1 Å². The fraction of sp³-hybridized carbons (Fsp3) is 0.267. The monoisotopic (exact) mass is 330 g/mol. The van der Waals surface area contributed by atoms with Gasteiger partial charge >= 0.3 is 6.09 Å². The van der Waals surface area contributed by atoms with Gasteiger partial charge in [-0.15, -0.1) is 0 Å². The van der Waals surface area contributed by atoms with Crippen molar-refractivity contribution in [2.24, 2.45) is 0 Å². The number of ether oxygens (including phenoxy) is 1. The summed E-state index contributed by atoms with van der Waals surface area (Å²) in [6.07, 6.45) is 1.83. The number of hydrogen-bond donors (Lipinski definition) is 0. The van der Waals surface area contributed by atoms with Crippen LogP contribution in [0.1, 0.15) is 21.9 Å². The zero-order valence-corrected chi connectivity index (χ0v) is 12.6. The topological polar surface area (TPSA) is 108 Å². The van der Waals surface area contributed by atoms with E-state index in [-0.39, 0.29) is 18.8 Å². The average Bonchev–Trinajstić information content (AvgIpc) is 3.02. The first kappa shape index (κ1) is 15.7. The van der Waals surface area contributed by atoms with Gasteiger partial charge in [0.15, 0.2) is 6.29 Å². The normalized spacial score (nSPS) is 13.2. The lowest BCUT2D eigenvalue weighted by Crippen LogP contribution is -2.38. The maximum atomic E-state index is 12.1. The molecule has 0 bridgehead atoms. The molecule has 1 amide bonds. The highest BCUT2D eigenvalue weighted by Gasteiger charge is 2.23. The molecule has 1 aromatic heterocycles. The van der Waals surface area contributed by atoms with Crippen molar-refractivity contribution < 1.29 is 19.2 Å². The summed E-state index contributed by atoms with van der Waals surface area (Å²) in [6.45, 7) is 1.30. The van der Waals surface area contributed by atoms with Gasteiger partial charge in [-0.1, -0.05) is 0 Å². The molecule has 1 aliphatic heterocycles. The van der Waals surface area contributed by atoms with Gasteiger partial charge in [0, 0.05) is 31.4 Å². The number of fused-ring (bicyclic) bond motifs is 1. The average molecular weight is 330 g/mol. The second-order valence-electron chi connectivity index (χ2n) is 5.29. The Balaban J connectivity index is 1.57. The quantitative estimate of drug-likeness (QED) is 0.480. The van der Waals surface area contributed by atoms with Gasteiger partial charge in [0.2, 0.25) is 0 Å². The first-order valence-corrected chi connectivity index (χ1v) is 7.23. The first-order valence-electron chi connectivity index (χ1n) is 7.23. The van der Waals surface area contributed by atoms with Crippen LogP contribution in [0.4, 0.5) is 10.5 Å². The molecule has 0 spiro atoms. The molecule has 0 unspecified atom stereocenters. The molecule has 0 atom stereocenters. The molecule has 0 aliphatic carbocycles. The highest BCUT2D eigenvalue weighted by Crippen LogP contribution is 2.15. The number of carbonyl (C=O) groups is 2. The van der Waals surface area contributed by atoms with E-state index in [1.165, 1.54) is 17.0 Å². The van der Waals surface area contributed by atoms with Crippen molar-refractivity contribution in [2.75, 3.05) is 6.54 Å². The van der Waals surface area contributed by atoms with Crippen LogP contribution in [0.2, 0.25) is 0 Å².